The van der Waals surface area contributed by atoms with Gasteiger partial charge in [-0.05, 0) is 68.2 Å². The van der Waals surface area contributed by atoms with E-state index in [2.05, 4.69) is 10.2 Å². The molecule has 11 nitrogen and oxygen atoms in total. The van der Waals surface area contributed by atoms with Gasteiger partial charge < -0.3 is 34.6 Å². The predicted molar refractivity (Wildman–Crippen MR) is 172 cm³/mol. The van der Waals surface area contributed by atoms with E-state index in [1.165, 1.54) is 0 Å². The van der Waals surface area contributed by atoms with E-state index in [1.54, 1.807) is 4.90 Å². The van der Waals surface area contributed by atoms with Crippen molar-refractivity contribution < 1.29 is 29.0 Å². The van der Waals surface area contributed by atoms with Gasteiger partial charge in [0, 0.05) is 82.2 Å². The summed E-state index contributed by atoms with van der Waals surface area (Å²) in [5.41, 5.74) is 4.47. The number of phenols is 1. The Morgan fingerprint density at radius 1 is 0.978 bits per heavy atom. The number of amides is 4. The van der Waals surface area contributed by atoms with Crippen LogP contribution in [0.4, 0.5) is 15.3 Å². The fourth-order valence-corrected chi connectivity index (χ4v) is 8.08. The number of nitrogens with one attached hydrogen (secondary N) is 1. The number of carbonyl (C=O) groups is 3. The molecule has 2 aromatic carbocycles. The van der Waals surface area contributed by atoms with Crippen molar-refractivity contribution in [2.45, 2.75) is 76.1 Å². The minimum Gasteiger partial charge on any atom is -0.507 e. The summed E-state index contributed by atoms with van der Waals surface area (Å²) in [7, 11) is 0. The number of rotatable bonds is 3. The first kappa shape index (κ1) is 30.8. The Labute approximate surface area is 270 Å². The van der Waals surface area contributed by atoms with E-state index < -0.39 is 12.2 Å². The third-order valence-corrected chi connectivity index (χ3v) is 10.6. The summed E-state index contributed by atoms with van der Waals surface area (Å²) in [4.78, 5) is 48.6. The van der Waals surface area contributed by atoms with E-state index >= 15 is 0 Å². The molecule has 1 unspecified atom stereocenters. The summed E-state index contributed by atoms with van der Waals surface area (Å²) in [6.07, 6.45) is 3.55. The molecule has 246 valence electrons. The van der Waals surface area contributed by atoms with Crippen LogP contribution >= 0.6 is 0 Å². The van der Waals surface area contributed by atoms with Gasteiger partial charge in [0.05, 0.1) is 6.04 Å². The minimum atomic E-state index is -0.953. The van der Waals surface area contributed by atoms with Gasteiger partial charge >= 0.3 is 12.1 Å². The number of carbonyl (C=O) groups excluding carboxylic acids is 3. The molecule has 7 rings (SSSR count). The number of aryl methyl sites for hydroxylation is 1. The molecule has 0 radical (unpaired) electrons. The number of hydrogen-bond acceptors (Lipinski definition) is 7. The van der Waals surface area contributed by atoms with Gasteiger partial charge in [-0.15, -0.1) is 0 Å². The van der Waals surface area contributed by atoms with E-state index in [0.29, 0.717) is 51.6 Å². The molecule has 3 saturated heterocycles. The topological polar surface area (TPSA) is 115 Å². The molecule has 2 atom stereocenters. The summed E-state index contributed by atoms with van der Waals surface area (Å²) >= 11 is 0. The molecule has 0 aromatic heterocycles. The lowest BCUT2D eigenvalue weighted by Gasteiger charge is -2.40. The van der Waals surface area contributed by atoms with Gasteiger partial charge in [0.25, 0.3) is 5.91 Å². The summed E-state index contributed by atoms with van der Waals surface area (Å²) in [5.74, 6) is 0.0999. The second-order valence-electron chi connectivity index (χ2n) is 13.4. The highest BCUT2D eigenvalue weighted by atomic mass is 16.6. The number of ether oxygens (including phenoxy) is 2. The number of likely N-dealkylation sites (tertiary alicyclic amines) is 1. The molecular weight excluding hydrogens is 586 g/mol. The molecule has 5 aliphatic heterocycles. The van der Waals surface area contributed by atoms with Crippen molar-refractivity contribution >= 4 is 23.7 Å². The molecule has 2 aromatic rings. The van der Waals surface area contributed by atoms with Crippen LogP contribution in [0, 0.1) is 6.92 Å². The van der Waals surface area contributed by atoms with Crippen LogP contribution < -0.4 is 5.32 Å². The maximum atomic E-state index is 14.1. The van der Waals surface area contributed by atoms with E-state index in [1.807, 2.05) is 53.1 Å². The number of fused-ring (bicyclic) bond motifs is 6. The quantitative estimate of drug-likeness (QED) is 0.525. The van der Waals surface area contributed by atoms with Crippen molar-refractivity contribution in [3.63, 3.8) is 0 Å². The Hall–Kier alpha value is -3.83. The number of para-hydroxylation sites is 1. The normalized spacial score (nSPS) is 25.0. The molecular formula is C35H45N5O6. The zero-order valence-electron chi connectivity index (χ0n) is 26.7. The highest BCUT2D eigenvalue weighted by Crippen LogP contribution is 2.38. The Kier molecular flexibility index (Phi) is 8.78. The smallest absolute Gasteiger partial charge is 0.410 e. The highest BCUT2D eigenvalue weighted by molar-refractivity contribution is 5.91. The van der Waals surface area contributed by atoms with Gasteiger partial charge in [-0.2, -0.15) is 0 Å². The van der Waals surface area contributed by atoms with Crippen LogP contribution in [0.1, 0.15) is 60.4 Å². The molecule has 0 aliphatic carbocycles. The van der Waals surface area contributed by atoms with Crippen molar-refractivity contribution in [3.8, 4) is 5.75 Å². The van der Waals surface area contributed by atoms with Crippen LogP contribution in [0.5, 0.6) is 5.75 Å². The molecule has 3 fully saturated rings. The largest absolute Gasteiger partial charge is 0.507 e. The predicted octanol–water partition coefficient (Wildman–Crippen LogP) is 4.07. The van der Waals surface area contributed by atoms with Crippen molar-refractivity contribution in [2.75, 3.05) is 57.8 Å². The van der Waals surface area contributed by atoms with Crippen molar-refractivity contribution in [1.82, 2.24) is 19.6 Å². The molecule has 2 N–H and O–H groups in total. The van der Waals surface area contributed by atoms with Crippen molar-refractivity contribution in [1.29, 1.82) is 0 Å². The van der Waals surface area contributed by atoms with Crippen molar-refractivity contribution in [3.05, 3.63) is 58.7 Å². The first-order valence-electron chi connectivity index (χ1n) is 16.9. The Morgan fingerprint density at radius 2 is 1.76 bits per heavy atom. The maximum absolute atomic E-state index is 14.1. The molecule has 46 heavy (non-hydrogen) atoms. The number of phenolic OH excluding ortho intramolecular Hbond substituents is 1. The number of aromatic hydroxyl groups is 1. The number of benzene rings is 2. The van der Waals surface area contributed by atoms with Gasteiger partial charge in [0.15, 0.2) is 6.10 Å². The summed E-state index contributed by atoms with van der Waals surface area (Å²) in [6.45, 7) is 6.70. The monoisotopic (exact) mass is 631 g/mol. The SMILES string of the molecule is Cc1cc2cc(c1O)C1CN(CCCN1C1CCOCC1)C(=O)[C@H](OC(=O)N1CCC(N3CCc4ccccc4NC3=O)CC1)C2. The fraction of sp³-hybridized carbons (Fsp3) is 0.571. The van der Waals surface area contributed by atoms with E-state index in [9.17, 15) is 19.5 Å². The third-order valence-electron chi connectivity index (χ3n) is 10.6. The second kappa shape index (κ2) is 13.1. The second-order valence-corrected chi connectivity index (χ2v) is 13.4. The van der Waals surface area contributed by atoms with Crippen LogP contribution in [-0.2, 0) is 27.1 Å². The van der Waals surface area contributed by atoms with Crippen LogP contribution in [-0.4, -0.2) is 113 Å². The van der Waals surface area contributed by atoms with Crippen LogP contribution in [0.15, 0.2) is 36.4 Å². The Morgan fingerprint density at radius 3 is 2.57 bits per heavy atom. The van der Waals surface area contributed by atoms with Gasteiger partial charge in [0.2, 0.25) is 0 Å². The zero-order chi connectivity index (χ0) is 31.8. The minimum absolute atomic E-state index is 0.0241. The third kappa shape index (κ3) is 6.14. The molecule has 11 heteroatoms. The first-order valence-corrected chi connectivity index (χ1v) is 16.9. The standard InChI is InChI=1S/C35H45N5O6/c1-23-19-24-20-28(32(23)41)30-22-38(12-4-13-39(30)27-10-17-45-18-11-27)33(42)31(21-24)46-35(44)37-14-8-26(9-15-37)40-16-7-25-5-2-3-6-29(25)36-34(40)43/h2-3,5-6,19-20,26-27,30-31,41H,4,7-18,21-22H2,1H3,(H,36,43)/t30?,31-/m1/s1. The average molecular weight is 632 g/mol. The lowest BCUT2D eigenvalue weighted by molar-refractivity contribution is -0.141. The summed E-state index contributed by atoms with van der Waals surface area (Å²) in [5, 5.41) is 14.3. The Balaban J connectivity index is 1.04. The van der Waals surface area contributed by atoms with E-state index in [4.69, 9.17) is 9.47 Å². The number of hydrogen-bond donors (Lipinski definition) is 2. The van der Waals surface area contributed by atoms with Crippen molar-refractivity contribution in [2.24, 2.45) is 0 Å². The molecule has 5 aliphatic rings. The van der Waals surface area contributed by atoms with Crippen LogP contribution in [0.2, 0.25) is 0 Å². The van der Waals surface area contributed by atoms with Crippen LogP contribution in [0.25, 0.3) is 0 Å². The van der Waals surface area contributed by atoms with Gasteiger partial charge in [-0.1, -0.05) is 30.3 Å². The number of urea groups is 1. The lowest BCUT2D eigenvalue weighted by atomic mass is 9.94. The van der Waals surface area contributed by atoms with E-state index in [-0.39, 0.29) is 36.2 Å². The number of piperidine rings is 1. The summed E-state index contributed by atoms with van der Waals surface area (Å²) in [6, 6.07) is 11.9. The molecule has 4 amide bonds. The van der Waals surface area contributed by atoms with Crippen LogP contribution in [0.3, 0.4) is 0 Å². The Bertz CT molecular complexity index is 1470. The van der Waals surface area contributed by atoms with Gasteiger partial charge in [-0.3, -0.25) is 9.69 Å². The molecule has 4 bridgehead atoms. The van der Waals surface area contributed by atoms with Gasteiger partial charge in [0.1, 0.15) is 5.75 Å². The zero-order valence-corrected chi connectivity index (χ0v) is 26.7. The number of anilines is 1. The highest BCUT2D eigenvalue weighted by Gasteiger charge is 2.40. The summed E-state index contributed by atoms with van der Waals surface area (Å²) < 4.78 is 11.7. The number of nitrogens with zero attached hydrogens (tertiary/aromatic N) is 4. The molecule has 5 heterocycles. The molecule has 0 saturated carbocycles. The van der Waals surface area contributed by atoms with Gasteiger partial charge in [-0.25, -0.2) is 9.59 Å². The maximum Gasteiger partial charge on any atom is 0.410 e. The first-order chi connectivity index (χ1) is 22.4. The lowest BCUT2D eigenvalue weighted by Crippen LogP contribution is -2.51. The molecule has 0 spiro atoms. The van der Waals surface area contributed by atoms with E-state index in [0.717, 1.165) is 73.4 Å². The average Bonchev–Trinajstić information content (AvgIpc) is 3.38. The fourth-order valence-electron chi connectivity index (χ4n) is 8.08.